The van der Waals surface area contributed by atoms with Gasteiger partial charge in [-0.05, 0) is 6.92 Å². The van der Waals surface area contributed by atoms with Crippen molar-refractivity contribution in [1.29, 1.82) is 0 Å². The molecule has 0 saturated heterocycles. The van der Waals surface area contributed by atoms with Gasteiger partial charge in [0.2, 0.25) is 0 Å². The summed E-state index contributed by atoms with van der Waals surface area (Å²) < 4.78 is 0. The zero-order valence-corrected chi connectivity index (χ0v) is 6.86. The van der Waals surface area contributed by atoms with E-state index < -0.39 is 6.10 Å². The van der Waals surface area contributed by atoms with Gasteiger partial charge < -0.3 is 10.2 Å². The molecule has 3 nitrogen and oxygen atoms in total. The smallest absolute Gasteiger partial charge is 0.115 e. The van der Waals surface area contributed by atoms with Crippen LogP contribution in [0, 0.1) is 0 Å². The Hall–Kier alpha value is -0.865. The Morgan fingerprint density at radius 3 is 2.83 bits per heavy atom. The lowest BCUT2D eigenvalue weighted by Crippen LogP contribution is -2.10. The summed E-state index contributed by atoms with van der Waals surface area (Å²) in [5.41, 5.74) is 1.54. The Morgan fingerprint density at radius 2 is 2.33 bits per heavy atom. The predicted octanol–water partition coefficient (Wildman–Crippen LogP) is -0.579. The molecule has 1 aromatic heterocycles. The summed E-state index contributed by atoms with van der Waals surface area (Å²) in [5.74, 6) is 0. The van der Waals surface area contributed by atoms with Gasteiger partial charge in [0.05, 0.1) is 18.4 Å². The molecule has 0 aliphatic heterocycles. The van der Waals surface area contributed by atoms with Gasteiger partial charge in [-0.25, -0.2) is 0 Å². The number of hydrogen-bond donors (Lipinski definition) is 2. The third kappa shape index (κ3) is 1.84. The van der Waals surface area contributed by atoms with E-state index in [1.54, 1.807) is 13.0 Å². The summed E-state index contributed by atoms with van der Waals surface area (Å²) in [4.78, 5) is 3.91. The van der Waals surface area contributed by atoms with Crippen LogP contribution < -0.4 is 5.46 Å². The van der Waals surface area contributed by atoms with E-state index in [0.717, 1.165) is 0 Å². The second-order valence-electron chi connectivity index (χ2n) is 2.65. The number of aliphatic hydroxyl groups is 2. The molecule has 1 aromatic rings. The zero-order chi connectivity index (χ0) is 9.14. The van der Waals surface area contributed by atoms with Crippen LogP contribution in [0.4, 0.5) is 0 Å². The number of aliphatic hydroxyl groups excluding tert-OH is 2. The first-order chi connectivity index (χ1) is 5.65. The minimum absolute atomic E-state index is 0.154. The quantitative estimate of drug-likeness (QED) is 0.573. The van der Waals surface area contributed by atoms with Crippen LogP contribution in [-0.2, 0) is 6.61 Å². The van der Waals surface area contributed by atoms with E-state index in [4.69, 9.17) is 13.0 Å². The van der Waals surface area contributed by atoms with E-state index in [2.05, 4.69) is 4.98 Å². The Bertz CT molecular complexity index is 276. The molecular formula is C8H10BNO2. The molecule has 0 fully saturated rings. The molecule has 0 spiro atoms. The van der Waals surface area contributed by atoms with Crippen LogP contribution in [0.15, 0.2) is 12.3 Å². The van der Waals surface area contributed by atoms with Crippen LogP contribution in [0.3, 0.4) is 0 Å². The molecule has 0 saturated carbocycles. The molecule has 4 heteroatoms. The fourth-order valence-electron chi connectivity index (χ4n) is 1.04. The van der Waals surface area contributed by atoms with Gasteiger partial charge in [0, 0.05) is 11.8 Å². The SMILES string of the molecule is [B]c1cnc(C(C)O)c(CO)c1. The van der Waals surface area contributed by atoms with Gasteiger partial charge in [-0.15, -0.1) is 0 Å². The summed E-state index contributed by atoms with van der Waals surface area (Å²) in [6.45, 7) is 1.44. The molecule has 1 rings (SSSR count). The number of aromatic nitrogens is 1. The molecule has 0 amide bonds. The molecule has 0 aliphatic carbocycles. The van der Waals surface area contributed by atoms with E-state index in [1.807, 2.05) is 0 Å². The summed E-state index contributed by atoms with van der Waals surface area (Å²) in [6.07, 6.45) is 0.786. The van der Waals surface area contributed by atoms with Crippen molar-refractivity contribution in [2.45, 2.75) is 19.6 Å². The summed E-state index contributed by atoms with van der Waals surface area (Å²) in [6, 6.07) is 1.61. The normalized spacial score (nSPS) is 12.9. The third-order valence-electron chi connectivity index (χ3n) is 1.59. The third-order valence-corrected chi connectivity index (χ3v) is 1.59. The van der Waals surface area contributed by atoms with Gasteiger partial charge in [-0.1, -0.05) is 11.5 Å². The van der Waals surface area contributed by atoms with Crippen molar-refractivity contribution in [2.75, 3.05) is 0 Å². The molecule has 0 aliphatic rings. The molecule has 2 N–H and O–H groups in total. The molecule has 1 heterocycles. The average Bonchev–Trinajstić information content (AvgIpc) is 2.03. The first-order valence-electron chi connectivity index (χ1n) is 3.68. The number of nitrogens with zero attached hydrogens (tertiary/aromatic N) is 1. The molecule has 62 valence electrons. The second kappa shape index (κ2) is 3.69. The fourth-order valence-corrected chi connectivity index (χ4v) is 1.04. The van der Waals surface area contributed by atoms with Crippen molar-refractivity contribution < 1.29 is 10.2 Å². The van der Waals surface area contributed by atoms with Crippen LogP contribution in [0.5, 0.6) is 0 Å². The maximum absolute atomic E-state index is 9.21. The highest BCUT2D eigenvalue weighted by Gasteiger charge is 2.07. The number of pyridine rings is 1. The summed E-state index contributed by atoms with van der Waals surface area (Å²) in [5, 5.41) is 18.1. The fraction of sp³-hybridized carbons (Fsp3) is 0.375. The van der Waals surface area contributed by atoms with E-state index in [0.29, 0.717) is 16.7 Å². The van der Waals surface area contributed by atoms with E-state index in [-0.39, 0.29) is 6.61 Å². The van der Waals surface area contributed by atoms with Crippen LogP contribution in [0.1, 0.15) is 24.3 Å². The Morgan fingerprint density at radius 1 is 1.67 bits per heavy atom. The number of hydrogen-bond acceptors (Lipinski definition) is 3. The largest absolute Gasteiger partial charge is 0.392 e. The maximum atomic E-state index is 9.21. The monoisotopic (exact) mass is 163 g/mol. The van der Waals surface area contributed by atoms with Gasteiger partial charge in [0.15, 0.2) is 0 Å². The Balaban J connectivity index is 3.11. The summed E-state index contributed by atoms with van der Waals surface area (Å²) in [7, 11) is 5.45. The molecular weight excluding hydrogens is 153 g/mol. The van der Waals surface area contributed by atoms with Crippen LogP contribution >= 0.6 is 0 Å². The van der Waals surface area contributed by atoms with Crippen molar-refractivity contribution in [3.63, 3.8) is 0 Å². The van der Waals surface area contributed by atoms with Crippen molar-refractivity contribution in [1.82, 2.24) is 4.98 Å². The molecule has 0 aromatic carbocycles. The van der Waals surface area contributed by atoms with Gasteiger partial charge in [-0.3, -0.25) is 4.98 Å². The Kier molecular flexibility index (Phi) is 2.84. The molecule has 2 radical (unpaired) electrons. The molecule has 0 bridgehead atoms. The van der Waals surface area contributed by atoms with Crippen LogP contribution in [0.2, 0.25) is 0 Å². The van der Waals surface area contributed by atoms with Gasteiger partial charge in [-0.2, -0.15) is 0 Å². The minimum Gasteiger partial charge on any atom is -0.392 e. The van der Waals surface area contributed by atoms with Crippen molar-refractivity contribution >= 4 is 13.3 Å². The van der Waals surface area contributed by atoms with Gasteiger partial charge in [0.25, 0.3) is 0 Å². The standard InChI is InChI=1S/C8H10BNO2/c1-5(12)8-6(4-11)2-7(9)3-10-8/h2-3,5,11-12H,4H2,1H3. The van der Waals surface area contributed by atoms with Crippen LogP contribution in [0.25, 0.3) is 0 Å². The summed E-state index contributed by atoms with van der Waals surface area (Å²) >= 11 is 0. The minimum atomic E-state index is -0.673. The highest BCUT2D eigenvalue weighted by molar-refractivity contribution is 6.32. The molecule has 12 heavy (non-hydrogen) atoms. The molecule has 1 atom stereocenters. The lowest BCUT2D eigenvalue weighted by molar-refractivity contribution is 0.188. The van der Waals surface area contributed by atoms with E-state index >= 15 is 0 Å². The van der Waals surface area contributed by atoms with Crippen LogP contribution in [-0.4, -0.2) is 23.0 Å². The number of rotatable bonds is 2. The maximum Gasteiger partial charge on any atom is 0.115 e. The van der Waals surface area contributed by atoms with E-state index in [1.165, 1.54) is 6.20 Å². The average molecular weight is 163 g/mol. The molecule has 1 unspecified atom stereocenters. The second-order valence-corrected chi connectivity index (χ2v) is 2.65. The van der Waals surface area contributed by atoms with Crippen molar-refractivity contribution in [2.24, 2.45) is 0 Å². The highest BCUT2D eigenvalue weighted by Crippen LogP contribution is 2.12. The first kappa shape index (κ1) is 9.22. The highest BCUT2D eigenvalue weighted by atomic mass is 16.3. The Labute approximate surface area is 72.5 Å². The van der Waals surface area contributed by atoms with E-state index in [9.17, 15) is 5.11 Å². The van der Waals surface area contributed by atoms with Crippen molar-refractivity contribution in [3.8, 4) is 0 Å². The van der Waals surface area contributed by atoms with Gasteiger partial charge >= 0.3 is 0 Å². The van der Waals surface area contributed by atoms with Crippen molar-refractivity contribution in [3.05, 3.63) is 23.5 Å². The lowest BCUT2D eigenvalue weighted by Gasteiger charge is -2.09. The lowest BCUT2D eigenvalue weighted by atomic mass is 9.95. The van der Waals surface area contributed by atoms with Gasteiger partial charge in [0.1, 0.15) is 7.85 Å². The first-order valence-corrected chi connectivity index (χ1v) is 3.68. The topological polar surface area (TPSA) is 53.4 Å². The predicted molar refractivity (Wildman–Crippen MR) is 46.2 cm³/mol. The zero-order valence-electron chi connectivity index (χ0n) is 6.86.